The summed E-state index contributed by atoms with van der Waals surface area (Å²) in [6.07, 6.45) is 0.989. The van der Waals surface area contributed by atoms with Gasteiger partial charge in [-0.3, -0.25) is 9.59 Å². The Hall–Kier alpha value is -3.09. The van der Waals surface area contributed by atoms with Crippen LogP contribution in [-0.4, -0.2) is 49.5 Å². The number of rotatable bonds is 4. The molecule has 2 aromatic rings. The predicted molar refractivity (Wildman–Crippen MR) is 104 cm³/mol. The molecule has 2 heterocycles. The second-order valence-corrected chi connectivity index (χ2v) is 6.99. The Bertz CT molecular complexity index is 894. The number of nitrogens with zero attached hydrogens (tertiary/aromatic N) is 2. The number of halogens is 1. The first-order valence-electron chi connectivity index (χ1n) is 9.43. The van der Waals surface area contributed by atoms with Gasteiger partial charge in [0, 0.05) is 32.6 Å². The highest BCUT2D eigenvalue weighted by molar-refractivity contribution is 5.95. The molecule has 1 fully saturated rings. The van der Waals surface area contributed by atoms with E-state index < -0.39 is 0 Å². The van der Waals surface area contributed by atoms with Gasteiger partial charge in [-0.1, -0.05) is 18.2 Å². The topological polar surface area (TPSA) is 61.9 Å². The Labute approximate surface area is 162 Å². The van der Waals surface area contributed by atoms with Crippen LogP contribution >= 0.6 is 0 Å². The van der Waals surface area contributed by atoms with Gasteiger partial charge in [0.25, 0.3) is 5.91 Å². The van der Waals surface area contributed by atoms with Gasteiger partial charge in [-0.15, -0.1) is 0 Å². The maximum Gasteiger partial charge on any atom is 0.262 e. The molecular formula is C21H22FN3O3. The normalized spacial score (nSPS) is 16.2. The van der Waals surface area contributed by atoms with Crippen LogP contribution in [0.2, 0.25) is 0 Å². The summed E-state index contributed by atoms with van der Waals surface area (Å²) in [5.41, 5.74) is 2.22. The minimum absolute atomic E-state index is 0.0314. The Morgan fingerprint density at radius 3 is 2.68 bits per heavy atom. The van der Waals surface area contributed by atoms with Crippen molar-refractivity contribution in [3.05, 3.63) is 53.8 Å². The summed E-state index contributed by atoms with van der Waals surface area (Å²) in [6, 6.07) is 12.3. The molecule has 0 saturated carbocycles. The summed E-state index contributed by atoms with van der Waals surface area (Å²) in [6.45, 7) is 2.44. The van der Waals surface area contributed by atoms with Crippen molar-refractivity contribution in [1.29, 1.82) is 0 Å². The lowest BCUT2D eigenvalue weighted by Crippen LogP contribution is -2.49. The van der Waals surface area contributed by atoms with E-state index >= 15 is 0 Å². The summed E-state index contributed by atoms with van der Waals surface area (Å²) in [4.78, 5) is 27.8. The number of carbonyl (C=O) groups is 2. The molecule has 0 aromatic heterocycles. The fourth-order valence-electron chi connectivity index (χ4n) is 3.60. The van der Waals surface area contributed by atoms with Gasteiger partial charge in [0.1, 0.15) is 11.6 Å². The summed E-state index contributed by atoms with van der Waals surface area (Å²) < 4.78 is 19.3. The minimum atomic E-state index is -0.231. The number of piperazine rings is 1. The molecule has 0 aliphatic carbocycles. The largest absolute Gasteiger partial charge is 0.482 e. The molecule has 2 aliphatic heterocycles. The summed E-state index contributed by atoms with van der Waals surface area (Å²) in [7, 11) is 0. The van der Waals surface area contributed by atoms with Gasteiger partial charge in [-0.05, 0) is 36.2 Å². The Morgan fingerprint density at radius 2 is 1.89 bits per heavy atom. The molecule has 0 unspecified atom stereocenters. The number of anilines is 2. The number of fused-ring (bicyclic) bond motifs is 1. The van der Waals surface area contributed by atoms with Crippen LogP contribution in [0.1, 0.15) is 12.0 Å². The van der Waals surface area contributed by atoms with Crippen LogP contribution in [0.15, 0.2) is 42.5 Å². The number of ether oxygens (including phenoxy) is 1. The molecule has 7 heteroatoms. The Morgan fingerprint density at radius 1 is 1.11 bits per heavy atom. The molecule has 4 rings (SSSR count). The van der Waals surface area contributed by atoms with Crippen molar-refractivity contribution < 1.29 is 18.7 Å². The molecule has 0 bridgehead atoms. The second-order valence-electron chi connectivity index (χ2n) is 6.99. The van der Waals surface area contributed by atoms with Crippen LogP contribution in [0.5, 0.6) is 5.75 Å². The lowest BCUT2D eigenvalue weighted by atomic mass is 10.1. The number of benzene rings is 2. The predicted octanol–water partition coefficient (Wildman–Crippen LogP) is 2.44. The van der Waals surface area contributed by atoms with Gasteiger partial charge in [-0.25, -0.2) is 4.39 Å². The van der Waals surface area contributed by atoms with Crippen LogP contribution in [-0.2, 0) is 16.0 Å². The van der Waals surface area contributed by atoms with Crippen molar-refractivity contribution in [2.45, 2.75) is 12.8 Å². The van der Waals surface area contributed by atoms with Gasteiger partial charge < -0.3 is 19.9 Å². The zero-order valence-corrected chi connectivity index (χ0v) is 15.5. The van der Waals surface area contributed by atoms with E-state index in [4.69, 9.17) is 4.74 Å². The number of hydrogen-bond donors (Lipinski definition) is 1. The monoisotopic (exact) mass is 383 g/mol. The van der Waals surface area contributed by atoms with E-state index in [2.05, 4.69) is 5.32 Å². The smallest absolute Gasteiger partial charge is 0.262 e. The molecule has 1 N–H and O–H groups in total. The fourth-order valence-corrected chi connectivity index (χ4v) is 3.60. The first-order valence-corrected chi connectivity index (χ1v) is 9.43. The van der Waals surface area contributed by atoms with E-state index in [0.29, 0.717) is 56.1 Å². The Balaban J connectivity index is 1.30. The van der Waals surface area contributed by atoms with Crippen molar-refractivity contribution >= 4 is 23.2 Å². The summed E-state index contributed by atoms with van der Waals surface area (Å²) in [5.74, 6) is 0.337. The number of hydrogen-bond acceptors (Lipinski definition) is 4. The quantitative estimate of drug-likeness (QED) is 0.881. The van der Waals surface area contributed by atoms with Crippen LogP contribution in [0, 0.1) is 5.82 Å². The lowest BCUT2D eigenvalue weighted by molar-refractivity contribution is -0.131. The number of nitrogens with one attached hydrogen (secondary N) is 1. The maximum absolute atomic E-state index is 13.9. The average Bonchev–Trinajstić information content (AvgIpc) is 2.72. The minimum Gasteiger partial charge on any atom is -0.482 e. The standard InChI is InChI=1S/C21H22FN3O3/c22-16-3-1-2-4-18(16)24-9-11-25(12-10-24)21(27)8-6-15-5-7-19-17(13-15)23-20(26)14-28-19/h1-5,7,13H,6,8-12,14H2,(H,23,26). The van der Waals surface area contributed by atoms with Crippen molar-refractivity contribution in [3.8, 4) is 5.75 Å². The van der Waals surface area contributed by atoms with Gasteiger partial charge in [0.2, 0.25) is 5.91 Å². The average molecular weight is 383 g/mol. The summed E-state index contributed by atoms with van der Waals surface area (Å²) in [5, 5.41) is 2.78. The van der Waals surface area contributed by atoms with Crippen LogP contribution in [0.25, 0.3) is 0 Å². The van der Waals surface area contributed by atoms with Crippen LogP contribution in [0.3, 0.4) is 0 Å². The van der Waals surface area contributed by atoms with Gasteiger partial charge in [0.15, 0.2) is 6.61 Å². The van der Waals surface area contributed by atoms with Crippen LogP contribution < -0.4 is 15.0 Å². The molecule has 0 atom stereocenters. The zero-order valence-electron chi connectivity index (χ0n) is 15.5. The first kappa shape index (κ1) is 18.3. The molecule has 6 nitrogen and oxygen atoms in total. The third-order valence-corrected chi connectivity index (χ3v) is 5.13. The van der Waals surface area contributed by atoms with E-state index in [0.717, 1.165) is 5.56 Å². The number of aryl methyl sites for hydroxylation is 1. The van der Waals surface area contributed by atoms with Crippen molar-refractivity contribution in [1.82, 2.24) is 4.90 Å². The van der Waals surface area contributed by atoms with Crippen molar-refractivity contribution in [3.63, 3.8) is 0 Å². The number of para-hydroxylation sites is 1. The van der Waals surface area contributed by atoms with Gasteiger partial charge in [0.05, 0.1) is 11.4 Å². The SMILES string of the molecule is O=C1COc2ccc(CCC(=O)N3CCN(c4ccccc4F)CC3)cc2N1. The highest BCUT2D eigenvalue weighted by atomic mass is 19.1. The van der Waals surface area contributed by atoms with Crippen molar-refractivity contribution in [2.75, 3.05) is 43.0 Å². The maximum atomic E-state index is 13.9. The number of amides is 2. The van der Waals surface area contributed by atoms with E-state index in [1.807, 2.05) is 34.1 Å². The molecule has 146 valence electrons. The molecule has 2 aromatic carbocycles. The molecule has 1 saturated heterocycles. The Kier molecular flexibility index (Phi) is 5.14. The highest BCUT2D eigenvalue weighted by Crippen LogP contribution is 2.29. The molecule has 0 radical (unpaired) electrons. The molecule has 28 heavy (non-hydrogen) atoms. The highest BCUT2D eigenvalue weighted by Gasteiger charge is 2.23. The van der Waals surface area contributed by atoms with E-state index in [-0.39, 0.29) is 24.2 Å². The number of carbonyl (C=O) groups excluding carboxylic acids is 2. The van der Waals surface area contributed by atoms with E-state index in [9.17, 15) is 14.0 Å². The zero-order chi connectivity index (χ0) is 19.5. The second kappa shape index (κ2) is 7.88. The molecular weight excluding hydrogens is 361 g/mol. The van der Waals surface area contributed by atoms with Crippen LogP contribution in [0.4, 0.5) is 15.8 Å². The molecule has 2 aliphatic rings. The third-order valence-electron chi connectivity index (χ3n) is 5.13. The van der Waals surface area contributed by atoms with E-state index in [1.54, 1.807) is 12.1 Å². The summed E-state index contributed by atoms with van der Waals surface area (Å²) >= 11 is 0. The third kappa shape index (κ3) is 3.93. The van der Waals surface area contributed by atoms with Gasteiger partial charge in [-0.2, -0.15) is 0 Å². The molecule has 2 amide bonds. The lowest BCUT2D eigenvalue weighted by Gasteiger charge is -2.36. The van der Waals surface area contributed by atoms with Gasteiger partial charge >= 0.3 is 0 Å². The first-order chi connectivity index (χ1) is 13.6. The fraction of sp³-hybridized carbons (Fsp3) is 0.333. The van der Waals surface area contributed by atoms with Crippen molar-refractivity contribution in [2.24, 2.45) is 0 Å². The molecule has 0 spiro atoms. The van der Waals surface area contributed by atoms with E-state index in [1.165, 1.54) is 6.07 Å².